The normalized spacial score (nSPS) is 24.6. The molecule has 0 radical (unpaired) electrons. The number of carbonyl (C=O) groups is 8. The maximum absolute atomic E-state index is 15.5. The molecular weight excluding hydrogens is 1490 g/mol. The smallest absolute Gasteiger partial charge is 0.349 e. The van der Waals surface area contributed by atoms with E-state index in [9.17, 15) is 19.2 Å². The third-order valence-corrected chi connectivity index (χ3v) is 25.7. The summed E-state index contributed by atoms with van der Waals surface area (Å²) in [6.45, 7) is 10.2. The summed E-state index contributed by atoms with van der Waals surface area (Å²) in [6.07, 6.45) is -25.3. The molecule has 0 bridgehead atoms. The number of carbonyl (C=O) groups excluding carboxylic acids is 8. The first-order valence-corrected chi connectivity index (χ1v) is 39.6. The van der Waals surface area contributed by atoms with Gasteiger partial charge in [0.05, 0.1) is 51.1 Å². The Morgan fingerprint density at radius 2 is 0.602 bits per heavy atom. The molecule has 23 nitrogen and oxygen atoms in total. The van der Waals surface area contributed by atoms with Crippen molar-refractivity contribution in [2.45, 2.75) is 148 Å². The van der Waals surface area contributed by atoms with E-state index < -0.39 is 171 Å². The molecule has 4 aliphatic heterocycles. The van der Waals surface area contributed by atoms with Gasteiger partial charge in [0.1, 0.15) is 55.3 Å². The van der Waals surface area contributed by atoms with Crippen molar-refractivity contribution < 1.29 is 109 Å². The monoisotopic (exact) mass is 1570 g/mol. The summed E-state index contributed by atoms with van der Waals surface area (Å²) in [5.74, 6) is -7.55. The number of esters is 8. The zero-order chi connectivity index (χ0) is 79.2. The first kappa shape index (κ1) is 80.1. The molecule has 0 saturated carbocycles. The van der Waals surface area contributed by atoms with Crippen LogP contribution in [0.2, 0.25) is 10.1 Å². The summed E-state index contributed by atoms with van der Waals surface area (Å²) in [4.78, 5) is 121. The molecule has 0 aliphatic carbocycles. The second-order valence-electron chi connectivity index (χ2n) is 29.1. The van der Waals surface area contributed by atoms with Gasteiger partial charge in [-0.25, -0.2) is 38.4 Å². The lowest BCUT2D eigenvalue weighted by Crippen LogP contribution is -2.73. The molecule has 113 heavy (non-hydrogen) atoms. The van der Waals surface area contributed by atoms with Gasteiger partial charge >= 0.3 is 56.3 Å². The summed E-state index contributed by atoms with van der Waals surface area (Å²) in [6, 6.07) is 72.2. The molecule has 25 heteroatoms. The third kappa shape index (κ3) is 19.1. The van der Waals surface area contributed by atoms with Crippen molar-refractivity contribution in [3.8, 4) is 0 Å². The van der Waals surface area contributed by atoms with Crippen LogP contribution in [0.5, 0.6) is 0 Å². The van der Waals surface area contributed by atoms with E-state index in [1.165, 1.54) is 84.9 Å². The summed E-state index contributed by atoms with van der Waals surface area (Å²) < 4.78 is 103. The van der Waals surface area contributed by atoms with Gasteiger partial charge in [-0.3, -0.25) is 0 Å². The van der Waals surface area contributed by atoms with Gasteiger partial charge in [-0.05, 0) is 109 Å². The van der Waals surface area contributed by atoms with E-state index in [4.69, 9.17) is 70.4 Å². The van der Waals surface area contributed by atoms with Gasteiger partial charge < -0.3 is 70.4 Å². The van der Waals surface area contributed by atoms with Gasteiger partial charge in [0.25, 0.3) is 0 Å². The first-order valence-electron chi connectivity index (χ1n) is 36.9. The van der Waals surface area contributed by atoms with E-state index in [1.807, 2.05) is 41.5 Å². The Morgan fingerprint density at radius 1 is 0.327 bits per heavy atom. The van der Waals surface area contributed by atoms with Crippen LogP contribution >= 0.6 is 11.8 Å². The van der Waals surface area contributed by atoms with Gasteiger partial charge in [-0.1, -0.05) is 217 Å². The number of benzene rings is 9. The van der Waals surface area contributed by atoms with Crippen LogP contribution < -0.4 is 0 Å². The van der Waals surface area contributed by atoms with Crippen LogP contribution in [0, 0.1) is 0 Å². The van der Waals surface area contributed by atoms with Gasteiger partial charge in [0, 0.05) is 15.0 Å². The van der Waals surface area contributed by atoms with Crippen LogP contribution in [0.1, 0.15) is 124 Å². The molecule has 0 amide bonds. The van der Waals surface area contributed by atoms with E-state index in [1.54, 1.807) is 188 Å². The predicted octanol–water partition coefficient (Wildman–Crippen LogP) is 14.2. The number of hydrogen-bond donors (Lipinski definition) is 0. The molecule has 4 fully saturated rings. The van der Waals surface area contributed by atoms with Crippen molar-refractivity contribution in [1.82, 2.24) is 0 Å². The summed E-state index contributed by atoms with van der Waals surface area (Å²) in [5.41, 5.74) is -0.983. The highest BCUT2D eigenvalue weighted by molar-refractivity contribution is 7.99. The van der Waals surface area contributed by atoms with E-state index in [-0.39, 0.29) is 51.1 Å². The van der Waals surface area contributed by atoms with Crippen molar-refractivity contribution in [3.63, 3.8) is 0 Å². The topological polar surface area (TPSA) is 275 Å². The number of rotatable bonds is 24. The number of hydrogen-bond acceptors (Lipinski definition) is 24. The lowest BCUT2D eigenvalue weighted by molar-refractivity contribution is -0.370. The quantitative estimate of drug-likeness (QED) is 0.0309. The zero-order valence-corrected chi connectivity index (χ0v) is 64.4. The van der Waals surface area contributed by atoms with E-state index in [0.29, 0.717) is 4.90 Å². The molecule has 0 N–H and O–H groups in total. The SMILES string of the molecule is CC(C)(C)[Si]1(C(C)(C)C)OC[C@H]2O[C@H](O[C@@H]3[C@H](OC(=O)c4ccccc4)[C@@H](OC(=O)c4ccccc4)[C@H](O[C@H]4[C@H](OC(=O)c5ccccc5)[C@@H](OC(=O)c5ccccc5)[C@H](Sc5ccccc5)O[C@@H]4COC(=O)c4ccccc4)O[C@@H]3COC(=O)c3ccccc3)[C@H](OC(=O)c3ccccc3)[C@@H](OC(=O)c3ccccc3)[C@H]2O1. The molecule has 4 heterocycles. The van der Waals surface area contributed by atoms with Crippen molar-refractivity contribution in [2.24, 2.45) is 0 Å². The molecule has 13 rings (SSSR count). The van der Waals surface area contributed by atoms with Crippen molar-refractivity contribution in [3.05, 3.63) is 317 Å². The van der Waals surface area contributed by atoms with Gasteiger partial charge in [-0.15, -0.1) is 0 Å². The molecule has 0 unspecified atom stereocenters. The largest absolute Gasteiger partial charge is 0.459 e. The van der Waals surface area contributed by atoms with Crippen LogP contribution in [-0.2, 0) is 70.4 Å². The Morgan fingerprint density at radius 3 is 0.947 bits per heavy atom. The van der Waals surface area contributed by atoms with Crippen LogP contribution in [0.4, 0.5) is 0 Å². The average molecular weight is 1570 g/mol. The molecule has 15 atom stereocenters. The Labute approximate surface area is 658 Å². The Balaban J connectivity index is 1.00. The highest BCUT2D eigenvalue weighted by Crippen LogP contribution is 2.56. The maximum Gasteiger partial charge on any atom is 0.349 e. The standard InChI is InChI=1S/C88H84O23SSi/c1-87(2,3)113(88(4,5)6)99-54-66-69(111-113)72(105-80(93)59-42-24-11-25-43-59)74(107-82(95)61-46-28-13-29-47-61)85(101-66)109-67-64(52-97-76(89)55-34-16-7-17-35-55)100-84(73(106-81(94)60-44-26-12-27-45-60)70(67)103-78(91)57-38-20-9-21-39-57)110-68-65(53-98-77(90)56-36-18-8-19-37-56)102-86(112-63-50-32-15-33-51-63)75(108-83(96)62-48-30-14-31-49-62)71(68)104-79(92)58-40-22-10-23-41-58/h7-51,64-75,84-86H,52-54H2,1-6H3/t64-,65-,66-,67+,68-,69+,70+,71+,72+,73-,74-,75-,84+,85-,86+/m1/s1. The lowest BCUT2D eigenvalue weighted by Gasteiger charge is -2.58. The fourth-order valence-corrected chi connectivity index (χ4v) is 20.2. The Kier molecular flexibility index (Phi) is 25.7. The number of fused-ring (bicyclic) bond motifs is 1. The van der Waals surface area contributed by atoms with E-state index in [0.717, 1.165) is 11.8 Å². The van der Waals surface area contributed by atoms with E-state index in [2.05, 4.69) is 0 Å². The summed E-state index contributed by atoms with van der Waals surface area (Å²) in [5, 5.41) is -1.37. The molecule has 0 aromatic heterocycles. The molecule has 584 valence electrons. The highest BCUT2D eigenvalue weighted by Gasteiger charge is 2.67. The average Bonchev–Trinajstić information content (AvgIpc) is 0.723. The van der Waals surface area contributed by atoms with Gasteiger partial charge in [-0.2, -0.15) is 0 Å². The van der Waals surface area contributed by atoms with Crippen molar-refractivity contribution in [1.29, 1.82) is 0 Å². The van der Waals surface area contributed by atoms with Gasteiger partial charge in [0.2, 0.25) is 0 Å². The maximum atomic E-state index is 15.5. The second-order valence-corrected chi connectivity index (χ2v) is 35.0. The summed E-state index contributed by atoms with van der Waals surface area (Å²) >= 11 is 1.07. The lowest BCUT2D eigenvalue weighted by atomic mass is 9.95. The van der Waals surface area contributed by atoms with Crippen LogP contribution in [-0.4, -0.2) is 167 Å². The Hall–Kier alpha value is -11.0. The minimum atomic E-state index is -3.61. The van der Waals surface area contributed by atoms with Crippen LogP contribution in [0.3, 0.4) is 0 Å². The number of ether oxygens (including phenoxy) is 13. The molecule has 4 saturated heterocycles. The predicted molar refractivity (Wildman–Crippen MR) is 411 cm³/mol. The van der Waals surface area contributed by atoms with Gasteiger partial charge in [0.15, 0.2) is 49.2 Å². The fourth-order valence-electron chi connectivity index (χ4n) is 14.1. The second kappa shape index (κ2) is 36.2. The molecular formula is C88H84O23SSi. The molecule has 0 spiro atoms. The van der Waals surface area contributed by atoms with Crippen LogP contribution in [0.15, 0.2) is 278 Å². The molecule has 9 aromatic carbocycles. The minimum Gasteiger partial charge on any atom is -0.459 e. The summed E-state index contributed by atoms with van der Waals surface area (Å²) in [7, 11) is -3.61. The molecule has 4 aliphatic rings. The van der Waals surface area contributed by atoms with Crippen LogP contribution in [0.25, 0.3) is 0 Å². The van der Waals surface area contributed by atoms with Crippen molar-refractivity contribution in [2.75, 3.05) is 19.8 Å². The van der Waals surface area contributed by atoms with E-state index >= 15 is 19.2 Å². The minimum absolute atomic E-state index is 0.0270. The molecule has 9 aromatic rings. The Bertz CT molecular complexity index is 4690. The fraction of sp³-hybridized carbons (Fsp3) is 0.295. The highest BCUT2D eigenvalue weighted by atomic mass is 32.2. The number of thioether (sulfide) groups is 1. The first-order chi connectivity index (χ1) is 54.6. The zero-order valence-electron chi connectivity index (χ0n) is 62.6. The third-order valence-electron chi connectivity index (χ3n) is 19.4. The van der Waals surface area contributed by atoms with Crippen molar-refractivity contribution >= 4 is 68.1 Å².